The molecule has 0 spiro atoms. The van der Waals surface area contributed by atoms with Crippen LogP contribution in [0.5, 0.6) is 0 Å². The fourth-order valence-corrected chi connectivity index (χ4v) is 3.84. The van der Waals surface area contributed by atoms with E-state index in [-0.39, 0.29) is 16.1 Å². The average Bonchev–Trinajstić information content (AvgIpc) is 3.06. The Kier molecular flexibility index (Phi) is 5.41. The molecule has 0 saturated carbocycles. The largest absolute Gasteiger partial charge is 0.362 e. The Bertz CT molecular complexity index is 1030. The van der Waals surface area contributed by atoms with E-state index < -0.39 is 20.9 Å². The third kappa shape index (κ3) is 4.34. The first-order valence-electron chi connectivity index (χ1n) is 8.47. The first kappa shape index (κ1) is 19.5. The molecule has 2 aromatic carbocycles. The highest BCUT2D eigenvalue weighted by atomic mass is 32.2. The first-order chi connectivity index (χ1) is 13.3. The van der Waals surface area contributed by atoms with Crippen LogP contribution in [-0.4, -0.2) is 43.6 Å². The third-order valence-electron chi connectivity index (χ3n) is 4.31. The second kappa shape index (κ2) is 7.77. The van der Waals surface area contributed by atoms with E-state index in [0.29, 0.717) is 17.9 Å². The van der Waals surface area contributed by atoms with Gasteiger partial charge in [-0.25, -0.2) is 0 Å². The van der Waals surface area contributed by atoms with Gasteiger partial charge in [-0.2, -0.15) is 8.42 Å². The van der Waals surface area contributed by atoms with Crippen LogP contribution in [0.2, 0.25) is 0 Å². The number of rotatable bonds is 5. The molecule has 1 N–H and O–H groups in total. The molecular formula is C18H18N4O5S. The number of anilines is 1. The van der Waals surface area contributed by atoms with E-state index in [0.717, 1.165) is 13.0 Å². The molecule has 1 heterocycles. The van der Waals surface area contributed by atoms with Gasteiger partial charge in [0.15, 0.2) is 0 Å². The number of hydrogen-bond acceptors (Lipinski definition) is 5. The van der Waals surface area contributed by atoms with Gasteiger partial charge in [0, 0.05) is 43.4 Å². The zero-order chi connectivity index (χ0) is 20.3. The lowest BCUT2D eigenvalue weighted by Gasteiger charge is -2.11. The molecule has 28 heavy (non-hydrogen) atoms. The van der Waals surface area contributed by atoms with E-state index in [1.54, 1.807) is 7.05 Å². The average molecular weight is 402 g/mol. The number of amides is 1. The Balaban J connectivity index is 1.72. The van der Waals surface area contributed by atoms with Crippen molar-refractivity contribution in [1.82, 2.24) is 4.90 Å². The summed E-state index contributed by atoms with van der Waals surface area (Å²) >= 11 is 0. The molecule has 1 saturated heterocycles. The Morgan fingerprint density at radius 1 is 1.14 bits per heavy atom. The quantitative estimate of drug-likeness (QED) is 0.606. The van der Waals surface area contributed by atoms with Gasteiger partial charge in [0.1, 0.15) is 5.84 Å². The lowest BCUT2D eigenvalue weighted by atomic mass is 10.2. The second-order valence-corrected chi connectivity index (χ2v) is 7.89. The number of nitro groups is 1. The highest BCUT2D eigenvalue weighted by Gasteiger charge is 2.20. The van der Waals surface area contributed by atoms with Crippen LogP contribution in [0, 0.1) is 10.1 Å². The van der Waals surface area contributed by atoms with Crippen LogP contribution in [0.15, 0.2) is 57.8 Å². The number of nitro benzene ring substituents is 1. The van der Waals surface area contributed by atoms with Gasteiger partial charge in [-0.3, -0.25) is 14.9 Å². The Morgan fingerprint density at radius 3 is 2.32 bits per heavy atom. The highest BCUT2D eigenvalue weighted by molar-refractivity contribution is 7.90. The van der Waals surface area contributed by atoms with Crippen LogP contribution in [0.4, 0.5) is 11.4 Å². The van der Waals surface area contributed by atoms with E-state index >= 15 is 0 Å². The van der Waals surface area contributed by atoms with Crippen molar-refractivity contribution in [3.63, 3.8) is 0 Å². The van der Waals surface area contributed by atoms with Gasteiger partial charge in [0.25, 0.3) is 21.6 Å². The van der Waals surface area contributed by atoms with Crippen LogP contribution in [0.3, 0.4) is 0 Å². The summed E-state index contributed by atoms with van der Waals surface area (Å²) in [5.41, 5.74) is 0.534. The lowest BCUT2D eigenvalue weighted by molar-refractivity contribution is -0.384. The number of amidine groups is 1. The topological polar surface area (TPSA) is 122 Å². The predicted octanol–water partition coefficient (Wildman–Crippen LogP) is 2.66. The molecule has 3 rings (SSSR count). The molecule has 9 nitrogen and oxygen atoms in total. The summed E-state index contributed by atoms with van der Waals surface area (Å²) in [6.45, 7) is 0.780. The zero-order valence-corrected chi connectivity index (χ0v) is 15.8. The number of carbonyl (C=O) groups is 1. The smallest absolute Gasteiger partial charge is 0.283 e. The third-order valence-corrected chi connectivity index (χ3v) is 5.63. The van der Waals surface area contributed by atoms with Crippen molar-refractivity contribution in [3.05, 3.63) is 64.2 Å². The summed E-state index contributed by atoms with van der Waals surface area (Å²) in [7, 11) is -2.01. The number of nitrogens with one attached hydrogen (secondary N) is 1. The number of nitrogens with zero attached hydrogens (tertiary/aromatic N) is 3. The van der Waals surface area contributed by atoms with Crippen LogP contribution >= 0.6 is 0 Å². The fourth-order valence-electron chi connectivity index (χ4n) is 2.75. The molecule has 2 aromatic rings. The summed E-state index contributed by atoms with van der Waals surface area (Å²) in [6.07, 6.45) is 1.50. The van der Waals surface area contributed by atoms with Gasteiger partial charge in [0.05, 0.1) is 9.82 Å². The van der Waals surface area contributed by atoms with E-state index in [2.05, 4.69) is 9.71 Å². The van der Waals surface area contributed by atoms with Crippen molar-refractivity contribution in [1.29, 1.82) is 0 Å². The Morgan fingerprint density at radius 2 is 1.79 bits per heavy atom. The molecule has 146 valence electrons. The van der Waals surface area contributed by atoms with Crippen molar-refractivity contribution in [2.75, 3.05) is 18.9 Å². The second-order valence-electron chi connectivity index (χ2n) is 6.29. The Hall–Kier alpha value is -3.27. The van der Waals surface area contributed by atoms with E-state index in [1.165, 1.54) is 48.5 Å². The molecule has 0 bridgehead atoms. The van der Waals surface area contributed by atoms with Crippen molar-refractivity contribution in [3.8, 4) is 0 Å². The molecule has 1 amide bonds. The summed E-state index contributed by atoms with van der Waals surface area (Å²) in [5.74, 6) is 0.0777. The maximum atomic E-state index is 12.4. The molecular weight excluding hydrogens is 384 g/mol. The van der Waals surface area contributed by atoms with Gasteiger partial charge in [-0.15, -0.1) is 4.40 Å². The van der Waals surface area contributed by atoms with E-state index in [4.69, 9.17) is 0 Å². The number of non-ortho nitro benzene ring substituents is 1. The van der Waals surface area contributed by atoms with Crippen LogP contribution in [0.25, 0.3) is 0 Å². The monoisotopic (exact) mass is 402 g/mol. The maximum Gasteiger partial charge on any atom is 0.283 e. The first-order valence-corrected chi connectivity index (χ1v) is 9.91. The van der Waals surface area contributed by atoms with Crippen molar-refractivity contribution < 1.29 is 18.1 Å². The number of sulfonamides is 1. The fraction of sp³-hybridized carbons (Fsp3) is 0.222. The summed E-state index contributed by atoms with van der Waals surface area (Å²) < 4.78 is 28.7. The lowest BCUT2D eigenvalue weighted by Crippen LogP contribution is -2.20. The summed E-state index contributed by atoms with van der Waals surface area (Å²) in [6, 6.07) is 10.9. The van der Waals surface area contributed by atoms with E-state index in [1.807, 2.05) is 4.90 Å². The zero-order valence-electron chi connectivity index (χ0n) is 15.0. The number of likely N-dealkylation sites (tertiary alicyclic amines) is 1. The van der Waals surface area contributed by atoms with Crippen LogP contribution in [0.1, 0.15) is 23.2 Å². The standard InChI is InChI=1S/C18H18N4O5S/c1-21-12-2-3-17(21)20-28(26,27)16-10-6-14(7-11-16)19-18(23)13-4-8-15(9-5-13)22(24)25/h4-11H,2-3,12H2,1H3,(H,19,23). The molecule has 10 heteroatoms. The molecule has 1 fully saturated rings. The molecule has 0 aliphatic carbocycles. The van der Waals surface area contributed by atoms with Crippen molar-refractivity contribution in [2.24, 2.45) is 4.40 Å². The van der Waals surface area contributed by atoms with Crippen molar-refractivity contribution in [2.45, 2.75) is 17.7 Å². The van der Waals surface area contributed by atoms with Gasteiger partial charge in [-0.1, -0.05) is 0 Å². The normalized spacial score (nSPS) is 15.6. The molecule has 0 aromatic heterocycles. The number of benzene rings is 2. The van der Waals surface area contributed by atoms with Crippen LogP contribution in [-0.2, 0) is 10.0 Å². The molecule has 1 aliphatic heterocycles. The van der Waals surface area contributed by atoms with Gasteiger partial charge < -0.3 is 10.2 Å². The predicted molar refractivity (Wildman–Crippen MR) is 104 cm³/mol. The Labute approximate surface area is 161 Å². The van der Waals surface area contributed by atoms with Crippen LogP contribution < -0.4 is 5.32 Å². The summed E-state index contributed by atoms with van der Waals surface area (Å²) in [5, 5.41) is 13.3. The number of hydrogen-bond donors (Lipinski definition) is 1. The van der Waals surface area contributed by atoms with Gasteiger partial charge in [-0.05, 0) is 42.8 Å². The molecule has 0 unspecified atom stereocenters. The highest BCUT2D eigenvalue weighted by Crippen LogP contribution is 2.20. The summed E-state index contributed by atoms with van der Waals surface area (Å²) in [4.78, 5) is 24.2. The minimum absolute atomic E-state index is 0.0358. The SMILES string of the molecule is CN1CCCC1=NS(=O)(=O)c1ccc(NC(=O)c2ccc([N+](=O)[O-])cc2)cc1. The van der Waals surface area contributed by atoms with Crippen molar-refractivity contribution >= 4 is 33.1 Å². The van der Waals surface area contributed by atoms with Gasteiger partial charge >= 0.3 is 0 Å². The molecule has 0 atom stereocenters. The number of carbonyl (C=O) groups excluding carboxylic acids is 1. The maximum absolute atomic E-state index is 12.4. The minimum atomic E-state index is -3.82. The molecule has 0 radical (unpaired) electrons. The minimum Gasteiger partial charge on any atom is -0.362 e. The van der Waals surface area contributed by atoms with E-state index in [9.17, 15) is 23.3 Å². The molecule has 1 aliphatic rings. The van der Waals surface area contributed by atoms with Gasteiger partial charge in [0.2, 0.25) is 0 Å².